The molecule has 0 saturated carbocycles. The van der Waals surface area contributed by atoms with E-state index in [2.05, 4.69) is 45.2 Å². The Morgan fingerprint density at radius 2 is 1.80 bits per heavy atom. The summed E-state index contributed by atoms with van der Waals surface area (Å²) in [4.78, 5) is 11.3. The van der Waals surface area contributed by atoms with Crippen LogP contribution in [0.4, 0.5) is 0 Å². The van der Waals surface area contributed by atoms with Crippen LogP contribution in [0.1, 0.15) is 36.4 Å². The Kier molecular flexibility index (Phi) is 4.38. The third-order valence-corrected chi connectivity index (χ3v) is 4.03. The van der Waals surface area contributed by atoms with Crippen molar-refractivity contribution >= 4 is 0 Å². The highest BCUT2D eigenvalue weighted by atomic mass is 15.1. The highest BCUT2D eigenvalue weighted by Gasteiger charge is 2.20. The minimum atomic E-state index is 0.322. The van der Waals surface area contributed by atoms with E-state index in [4.69, 9.17) is 0 Å². The molecule has 3 heteroatoms. The zero-order chi connectivity index (χ0) is 13.6. The molecule has 1 saturated heterocycles. The summed E-state index contributed by atoms with van der Waals surface area (Å²) in [5, 5.41) is 0. The monoisotopic (exact) mass is 267 g/mol. The van der Waals surface area contributed by atoms with Crippen LogP contribution < -0.4 is 0 Å². The van der Waals surface area contributed by atoms with E-state index in [0.717, 1.165) is 12.2 Å². The van der Waals surface area contributed by atoms with Crippen molar-refractivity contribution in [3.8, 4) is 0 Å². The van der Waals surface area contributed by atoms with Crippen LogP contribution in [0.25, 0.3) is 0 Å². The molecule has 2 aromatic rings. The van der Waals surface area contributed by atoms with Gasteiger partial charge in [-0.15, -0.1) is 0 Å². The molecule has 0 N–H and O–H groups in total. The van der Waals surface area contributed by atoms with Gasteiger partial charge in [-0.1, -0.05) is 36.8 Å². The largest absolute Gasteiger partial charge is 0.302 e. The fraction of sp³-hybridized carbons (Fsp3) is 0.412. The summed E-state index contributed by atoms with van der Waals surface area (Å²) in [5.41, 5.74) is 2.41. The fourth-order valence-corrected chi connectivity index (χ4v) is 2.95. The first-order valence-corrected chi connectivity index (χ1v) is 7.47. The summed E-state index contributed by atoms with van der Waals surface area (Å²) in [6, 6.07) is 10.7. The molecule has 1 aromatic carbocycles. The van der Waals surface area contributed by atoms with Gasteiger partial charge in [-0.05, 0) is 31.5 Å². The Balaban J connectivity index is 1.83. The molecular formula is C17H21N3. The number of benzene rings is 1. The van der Waals surface area contributed by atoms with Crippen molar-refractivity contribution < 1.29 is 0 Å². The van der Waals surface area contributed by atoms with Gasteiger partial charge < -0.3 is 4.90 Å². The third-order valence-electron chi connectivity index (χ3n) is 4.03. The van der Waals surface area contributed by atoms with E-state index < -0.39 is 0 Å². The lowest BCUT2D eigenvalue weighted by atomic mass is 9.94. The number of nitrogens with zero attached hydrogens (tertiary/aromatic N) is 3. The van der Waals surface area contributed by atoms with Gasteiger partial charge in [0.1, 0.15) is 0 Å². The van der Waals surface area contributed by atoms with E-state index in [1.54, 1.807) is 12.4 Å². The van der Waals surface area contributed by atoms with E-state index in [0.29, 0.717) is 5.92 Å². The van der Waals surface area contributed by atoms with Crippen molar-refractivity contribution in [2.24, 2.45) is 0 Å². The maximum absolute atomic E-state index is 4.53. The summed E-state index contributed by atoms with van der Waals surface area (Å²) < 4.78 is 0. The Morgan fingerprint density at radius 3 is 2.50 bits per heavy atom. The summed E-state index contributed by atoms with van der Waals surface area (Å²) in [6.07, 6.45) is 9.46. The van der Waals surface area contributed by atoms with Crippen molar-refractivity contribution in [2.45, 2.75) is 25.2 Å². The van der Waals surface area contributed by atoms with Gasteiger partial charge >= 0.3 is 0 Å². The molecule has 1 atom stereocenters. The van der Waals surface area contributed by atoms with Gasteiger partial charge in [0.25, 0.3) is 0 Å². The van der Waals surface area contributed by atoms with Gasteiger partial charge in [-0.3, -0.25) is 9.97 Å². The summed E-state index contributed by atoms with van der Waals surface area (Å²) in [7, 11) is 0. The molecule has 0 aliphatic carbocycles. The van der Waals surface area contributed by atoms with E-state index in [9.17, 15) is 0 Å². The molecule has 0 bridgehead atoms. The van der Waals surface area contributed by atoms with Gasteiger partial charge in [0, 0.05) is 31.1 Å². The molecule has 1 aromatic heterocycles. The second-order valence-corrected chi connectivity index (χ2v) is 5.45. The number of rotatable bonds is 4. The number of piperidine rings is 1. The Morgan fingerprint density at radius 1 is 1.00 bits per heavy atom. The zero-order valence-electron chi connectivity index (χ0n) is 11.8. The van der Waals surface area contributed by atoms with Gasteiger partial charge in [0.2, 0.25) is 0 Å². The fourth-order valence-electron chi connectivity index (χ4n) is 2.95. The first kappa shape index (κ1) is 13.3. The molecule has 1 unspecified atom stereocenters. The van der Waals surface area contributed by atoms with Crippen molar-refractivity contribution in [1.82, 2.24) is 14.9 Å². The number of hydrogen-bond donors (Lipinski definition) is 0. The predicted octanol–water partition coefficient (Wildman–Crippen LogP) is 3.09. The van der Waals surface area contributed by atoms with Crippen LogP contribution in [0, 0.1) is 0 Å². The predicted molar refractivity (Wildman–Crippen MR) is 80.6 cm³/mol. The average molecular weight is 267 g/mol. The van der Waals surface area contributed by atoms with Crippen molar-refractivity contribution in [3.63, 3.8) is 0 Å². The van der Waals surface area contributed by atoms with Crippen LogP contribution in [0.2, 0.25) is 0 Å². The molecule has 0 radical (unpaired) electrons. The molecule has 3 rings (SSSR count). The molecule has 20 heavy (non-hydrogen) atoms. The standard InChI is InChI=1S/C17H21N3/c1-3-7-15(8-4-1)16(17-13-18-9-10-19-17)14-20-11-5-2-6-12-20/h1,3-4,7-10,13,16H,2,5-6,11-12,14H2. The summed E-state index contributed by atoms with van der Waals surface area (Å²) in [5.74, 6) is 0.322. The number of aromatic nitrogens is 2. The molecule has 1 fully saturated rings. The maximum atomic E-state index is 4.53. The zero-order valence-corrected chi connectivity index (χ0v) is 11.8. The van der Waals surface area contributed by atoms with Crippen LogP contribution in [0.3, 0.4) is 0 Å². The first-order valence-electron chi connectivity index (χ1n) is 7.47. The third kappa shape index (κ3) is 3.23. The quantitative estimate of drug-likeness (QED) is 0.852. The number of likely N-dealkylation sites (tertiary alicyclic amines) is 1. The second kappa shape index (κ2) is 6.62. The highest BCUT2D eigenvalue weighted by Crippen LogP contribution is 2.24. The first-order chi connectivity index (χ1) is 9.93. The average Bonchev–Trinajstić information content (AvgIpc) is 2.55. The second-order valence-electron chi connectivity index (χ2n) is 5.45. The van der Waals surface area contributed by atoms with Gasteiger partial charge in [0.15, 0.2) is 0 Å². The van der Waals surface area contributed by atoms with Crippen LogP contribution in [-0.2, 0) is 0 Å². The molecule has 3 nitrogen and oxygen atoms in total. The highest BCUT2D eigenvalue weighted by molar-refractivity contribution is 5.27. The molecule has 2 heterocycles. The maximum Gasteiger partial charge on any atom is 0.0674 e. The van der Waals surface area contributed by atoms with E-state index in [1.165, 1.54) is 37.9 Å². The number of hydrogen-bond acceptors (Lipinski definition) is 3. The van der Waals surface area contributed by atoms with Gasteiger partial charge in [-0.2, -0.15) is 0 Å². The lowest BCUT2D eigenvalue weighted by Crippen LogP contribution is -2.34. The van der Waals surface area contributed by atoms with Crippen LogP contribution >= 0.6 is 0 Å². The molecule has 104 valence electrons. The van der Waals surface area contributed by atoms with Crippen LogP contribution in [0.15, 0.2) is 48.9 Å². The van der Waals surface area contributed by atoms with Crippen LogP contribution in [0.5, 0.6) is 0 Å². The van der Waals surface area contributed by atoms with E-state index in [-0.39, 0.29) is 0 Å². The lowest BCUT2D eigenvalue weighted by Gasteiger charge is -2.30. The normalized spacial score (nSPS) is 17.8. The minimum Gasteiger partial charge on any atom is -0.302 e. The summed E-state index contributed by atoms with van der Waals surface area (Å²) >= 11 is 0. The SMILES string of the molecule is c1ccc(C(CN2CCCCC2)c2cnccn2)cc1. The smallest absolute Gasteiger partial charge is 0.0674 e. The Bertz CT molecular complexity index is 467. The molecule has 1 aliphatic rings. The van der Waals surface area contributed by atoms with Crippen molar-refractivity contribution in [1.29, 1.82) is 0 Å². The van der Waals surface area contributed by atoms with E-state index in [1.807, 2.05) is 6.20 Å². The van der Waals surface area contributed by atoms with Crippen molar-refractivity contribution in [2.75, 3.05) is 19.6 Å². The molecule has 1 aliphatic heterocycles. The minimum absolute atomic E-state index is 0.322. The van der Waals surface area contributed by atoms with Gasteiger partial charge in [-0.25, -0.2) is 0 Å². The van der Waals surface area contributed by atoms with E-state index >= 15 is 0 Å². The Hall–Kier alpha value is -1.74. The summed E-state index contributed by atoms with van der Waals surface area (Å²) in [6.45, 7) is 3.47. The molecule has 0 spiro atoms. The molecule has 0 amide bonds. The van der Waals surface area contributed by atoms with Gasteiger partial charge in [0.05, 0.1) is 5.69 Å². The Labute approximate surface area is 120 Å². The van der Waals surface area contributed by atoms with Crippen LogP contribution in [-0.4, -0.2) is 34.5 Å². The lowest BCUT2D eigenvalue weighted by molar-refractivity contribution is 0.221. The molecular weight excluding hydrogens is 246 g/mol. The topological polar surface area (TPSA) is 29.0 Å². The van der Waals surface area contributed by atoms with Crippen molar-refractivity contribution in [3.05, 3.63) is 60.2 Å².